The van der Waals surface area contributed by atoms with E-state index in [2.05, 4.69) is 0 Å². The largest absolute Gasteiger partial charge is 0.510 e. The van der Waals surface area contributed by atoms with E-state index in [1.807, 2.05) is 6.92 Å². The molecular weight excluding hydrogens is 484 g/mol. The number of rotatable bonds is 6. The molecule has 0 spiro atoms. The van der Waals surface area contributed by atoms with Gasteiger partial charge in [0.1, 0.15) is 22.8 Å². The summed E-state index contributed by atoms with van der Waals surface area (Å²) in [6, 6.07) is 1.45. The molecule has 11 nitrogen and oxygen atoms in total. The summed E-state index contributed by atoms with van der Waals surface area (Å²) in [4.78, 5) is 53.2. The summed E-state index contributed by atoms with van der Waals surface area (Å²) in [7, 11) is 3.10. The highest BCUT2D eigenvalue weighted by Gasteiger charge is 2.63. The van der Waals surface area contributed by atoms with Crippen LogP contribution in [0.1, 0.15) is 52.5 Å². The molecule has 1 amide bonds. The van der Waals surface area contributed by atoms with Gasteiger partial charge in [-0.3, -0.25) is 19.3 Å². The lowest BCUT2D eigenvalue weighted by Gasteiger charge is -2.50. The predicted molar refractivity (Wildman–Crippen MR) is 129 cm³/mol. The van der Waals surface area contributed by atoms with Crippen LogP contribution in [-0.4, -0.2) is 81.1 Å². The van der Waals surface area contributed by atoms with Gasteiger partial charge < -0.3 is 30.9 Å². The van der Waals surface area contributed by atoms with E-state index in [0.29, 0.717) is 6.42 Å². The van der Waals surface area contributed by atoms with Crippen LogP contribution in [0, 0.1) is 11.8 Å². The van der Waals surface area contributed by atoms with Crippen molar-refractivity contribution in [1.29, 1.82) is 0 Å². The molecule has 3 aliphatic rings. The first-order chi connectivity index (χ1) is 17.4. The van der Waals surface area contributed by atoms with Crippen LogP contribution in [0.2, 0.25) is 0 Å². The van der Waals surface area contributed by atoms with Crippen LogP contribution in [0.5, 0.6) is 5.75 Å². The van der Waals surface area contributed by atoms with E-state index >= 15 is 0 Å². The van der Waals surface area contributed by atoms with E-state index in [1.54, 1.807) is 14.1 Å². The van der Waals surface area contributed by atoms with Crippen LogP contribution >= 0.6 is 0 Å². The number of ketones is 2. The van der Waals surface area contributed by atoms with Crippen LogP contribution in [0.4, 0.5) is 0 Å². The monoisotopic (exact) mass is 514 g/mol. The number of aliphatic hydroxyl groups is 3. The second kappa shape index (κ2) is 9.31. The highest BCUT2D eigenvalue weighted by Crippen LogP contribution is 2.52. The van der Waals surface area contributed by atoms with Gasteiger partial charge in [-0.2, -0.15) is 0 Å². The van der Waals surface area contributed by atoms with Gasteiger partial charge in [-0.05, 0) is 57.0 Å². The van der Waals surface area contributed by atoms with Gasteiger partial charge in [0.15, 0.2) is 11.4 Å². The summed E-state index contributed by atoms with van der Waals surface area (Å²) >= 11 is 0. The number of amides is 1. The van der Waals surface area contributed by atoms with E-state index in [-0.39, 0.29) is 41.7 Å². The van der Waals surface area contributed by atoms with Crippen molar-refractivity contribution in [2.75, 3.05) is 20.7 Å². The van der Waals surface area contributed by atoms with Crippen molar-refractivity contribution in [3.05, 3.63) is 51.5 Å². The van der Waals surface area contributed by atoms with Crippen molar-refractivity contribution in [3.8, 4) is 5.75 Å². The van der Waals surface area contributed by atoms with Crippen LogP contribution in [-0.2, 0) is 20.7 Å². The fraction of sp³-hybridized carbons (Fsp3) is 0.462. The van der Waals surface area contributed by atoms with Crippen LogP contribution in [0.15, 0.2) is 34.8 Å². The van der Waals surface area contributed by atoms with E-state index in [9.17, 15) is 39.6 Å². The molecule has 0 aliphatic heterocycles. The van der Waals surface area contributed by atoms with Crippen molar-refractivity contribution >= 4 is 23.4 Å². The standard InChI is InChI=1S/C26H30N2O9/c1-4-5-8-37-25(35)12-6-7-15(29)17-13(12)9-11-10-14-19(28(2)3)21(31)18(24(27)34)23(33)26(14,36)22(32)16(11)20(17)30/h6-7,11,14,19,29,31-32,36H,4-5,8-10H2,1-3H3,(H2,27,34)/t11-,14-,19?,26?/m1/s1. The Morgan fingerprint density at radius 1 is 1.19 bits per heavy atom. The van der Waals surface area contributed by atoms with Gasteiger partial charge >= 0.3 is 5.97 Å². The second-order valence-corrected chi connectivity index (χ2v) is 9.94. The highest BCUT2D eigenvalue weighted by molar-refractivity contribution is 6.25. The zero-order valence-corrected chi connectivity index (χ0v) is 20.8. The minimum absolute atomic E-state index is 0.0150. The lowest BCUT2D eigenvalue weighted by Crippen LogP contribution is -2.63. The summed E-state index contributed by atoms with van der Waals surface area (Å²) in [6.45, 7) is 2.12. The van der Waals surface area contributed by atoms with E-state index in [0.717, 1.165) is 6.42 Å². The number of esters is 1. The zero-order chi connectivity index (χ0) is 27.4. The topological polar surface area (TPSA) is 188 Å². The number of nitrogens with zero attached hydrogens (tertiary/aromatic N) is 1. The quantitative estimate of drug-likeness (QED) is 0.209. The number of hydrogen-bond donors (Lipinski definition) is 5. The second-order valence-electron chi connectivity index (χ2n) is 9.94. The molecule has 0 aromatic heterocycles. The number of Topliss-reactive ketones (excluding diaryl/α,β-unsaturated/α-hetero) is 2. The number of fused-ring (bicyclic) bond motifs is 3. The zero-order valence-electron chi connectivity index (χ0n) is 20.8. The van der Waals surface area contributed by atoms with Gasteiger partial charge in [-0.15, -0.1) is 0 Å². The first-order valence-electron chi connectivity index (χ1n) is 12.0. The molecule has 1 aromatic rings. The lowest BCUT2D eigenvalue weighted by atomic mass is 9.58. The number of aromatic hydroxyl groups is 1. The number of phenols is 1. The summed E-state index contributed by atoms with van der Waals surface area (Å²) in [5.74, 6) is -8.06. The molecule has 0 saturated heterocycles. The lowest BCUT2D eigenvalue weighted by molar-refractivity contribution is -0.148. The molecule has 4 atom stereocenters. The predicted octanol–water partition coefficient (Wildman–Crippen LogP) is 1.08. The number of likely N-dealkylation sites (N-methyl/N-ethyl adjacent to an activating group) is 1. The molecule has 1 aromatic carbocycles. The Morgan fingerprint density at radius 3 is 2.46 bits per heavy atom. The molecule has 198 valence electrons. The Kier molecular flexibility index (Phi) is 6.63. The first kappa shape index (κ1) is 26.4. The molecule has 4 rings (SSSR count). The first-order valence-corrected chi connectivity index (χ1v) is 12.0. The number of carbonyl (C=O) groups excluding carboxylic acids is 4. The number of allylic oxidation sites excluding steroid dienone is 1. The van der Waals surface area contributed by atoms with E-state index in [4.69, 9.17) is 10.5 Å². The maximum Gasteiger partial charge on any atom is 0.338 e. The third-order valence-corrected chi connectivity index (χ3v) is 7.56. The fourth-order valence-corrected chi connectivity index (χ4v) is 5.83. The molecule has 2 unspecified atom stereocenters. The van der Waals surface area contributed by atoms with Crippen molar-refractivity contribution in [2.45, 2.75) is 44.2 Å². The molecule has 6 N–H and O–H groups in total. The number of benzene rings is 1. The fourth-order valence-electron chi connectivity index (χ4n) is 5.83. The Labute approximate surface area is 212 Å². The van der Waals surface area contributed by atoms with Gasteiger partial charge in [0.2, 0.25) is 5.78 Å². The van der Waals surface area contributed by atoms with E-state index < -0.39 is 69.8 Å². The third kappa shape index (κ3) is 3.80. The molecular formula is C26H30N2O9. The van der Waals surface area contributed by atoms with Gasteiger partial charge in [-0.1, -0.05) is 13.3 Å². The van der Waals surface area contributed by atoms with Gasteiger partial charge in [-0.25, -0.2) is 4.79 Å². The number of primary amides is 1. The summed E-state index contributed by atoms with van der Waals surface area (Å²) in [6.07, 6.45) is 1.41. The molecule has 0 bridgehead atoms. The minimum Gasteiger partial charge on any atom is -0.510 e. The average molecular weight is 515 g/mol. The van der Waals surface area contributed by atoms with Crippen molar-refractivity contribution in [3.63, 3.8) is 0 Å². The molecule has 11 heteroatoms. The van der Waals surface area contributed by atoms with Crippen molar-refractivity contribution < 1.29 is 44.3 Å². The number of carbonyl (C=O) groups is 4. The number of aliphatic hydroxyl groups excluding tert-OH is 2. The molecule has 0 saturated carbocycles. The molecule has 3 aliphatic carbocycles. The summed E-state index contributed by atoms with van der Waals surface area (Å²) in [5.41, 5.74) is 1.56. The molecule has 0 radical (unpaired) electrons. The normalized spacial score (nSPS) is 27.1. The SMILES string of the molecule is CCCCOC(=O)c1ccc(O)c2c1C[C@@H]1C[C@@H]3C(N(C)C)C(O)=C(C(N)=O)C(=O)C3(O)C(O)=C1C2=O. The molecule has 37 heavy (non-hydrogen) atoms. The smallest absolute Gasteiger partial charge is 0.338 e. The molecule has 0 heterocycles. The van der Waals surface area contributed by atoms with Gasteiger partial charge in [0.25, 0.3) is 5.91 Å². The minimum atomic E-state index is -2.71. The maximum absolute atomic E-state index is 13.6. The summed E-state index contributed by atoms with van der Waals surface area (Å²) < 4.78 is 5.31. The Morgan fingerprint density at radius 2 is 1.86 bits per heavy atom. The third-order valence-electron chi connectivity index (χ3n) is 7.56. The van der Waals surface area contributed by atoms with Crippen molar-refractivity contribution in [1.82, 2.24) is 4.90 Å². The van der Waals surface area contributed by atoms with Gasteiger partial charge in [0.05, 0.1) is 23.8 Å². The number of nitrogens with two attached hydrogens (primary N) is 1. The van der Waals surface area contributed by atoms with Crippen molar-refractivity contribution in [2.24, 2.45) is 17.6 Å². The Balaban J connectivity index is 1.88. The van der Waals surface area contributed by atoms with Gasteiger partial charge in [0, 0.05) is 11.5 Å². The van der Waals surface area contributed by atoms with Crippen LogP contribution in [0.3, 0.4) is 0 Å². The highest BCUT2D eigenvalue weighted by atomic mass is 16.5. The van der Waals surface area contributed by atoms with Crippen LogP contribution < -0.4 is 5.73 Å². The Bertz CT molecular complexity index is 1280. The Hall–Kier alpha value is -3.70. The number of hydrogen-bond acceptors (Lipinski definition) is 10. The number of unbranched alkanes of at least 4 members (excludes halogenated alkanes) is 1. The van der Waals surface area contributed by atoms with E-state index in [1.165, 1.54) is 17.0 Å². The number of phenolic OH excluding ortho intramolecular Hbond substituents is 1. The molecule has 0 fully saturated rings. The van der Waals surface area contributed by atoms with Crippen LogP contribution in [0.25, 0.3) is 0 Å². The summed E-state index contributed by atoms with van der Waals surface area (Å²) in [5, 5.41) is 44.2. The number of ether oxygens (including phenoxy) is 1. The maximum atomic E-state index is 13.6. The average Bonchev–Trinajstić information content (AvgIpc) is 2.81.